The molecule has 3 aromatic rings. The SMILES string of the molecule is COc1cccc(C(C(=O)NC(C)(C)C)n2c(=O)cc(C)c3cc(C)ccc32)c1. The van der Waals surface area contributed by atoms with Crippen molar-refractivity contribution in [2.24, 2.45) is 0 Å². The number of nitrogens with zero attached hydrogens (tertiary/aromatic N) is 1. The molecule has 1 heterocycles. The maximum absolute atomic E-state index is 13.4. The summed E-state index contributed by atoms with van der Waals surface area (Å²) >= 11 is 0. The molecule has 1 N–H and O–H groups in total. The van der Waals surface area contributed by atoms with Crippen LogP contribution in [0.25, 0.3) is 10.9 Å². The molecule has 29 heavy (non-hydrogen) atoms. The molecule has 3 rings (SSSR count). The number of nitrogens with one attached hydrogen (secondary N) is 1. The van der Waals surface area contributed by atoms with Crippen molar-refractivity contribution in [2.75, 3.05) is 7.11 Å². The van der Waals surface area contributed by atoms with E-state index in [9.17, 15) is 9.59 Å². The van der Waals surface area contributed by atoms with Gasteiger partial charge in [0, 0.05) is 17.0 Å². The van der Waals surface area contributed by atoms with Gasteiger partial charge in [0.15, 0.2) is 0 Å². The van der Waals surface area contributed by atoms with Gasteiger partial charge in [-0.1, -0.05) is 23.8 Å². The second kappa shape index (κ2) is 7.74. The molecule has 0 spiro atoms. The van der Waals surface area contributed by atoms with Crippen LogP contribution in [0, 0.1) is 13.8 Å². The number of hydrogen-bond donors (Lipinski definition) is 1. The molecule has 2 aromatic carbocycles. The van der Waals surface area contributed by atoms with Gasteiger partial charge in [-0.2, -0.15) is 0 Å². The Morgan fingerprint density at radius 3 is 2.45 bits per heavy atom. The number of hydrogen-bond acceptors (Lipinski definition) is 3. The van der Waals surface area contributed by atoms with Crippen LogP contribution >= 0.6 is 0 Å². The van der Waals surface area contributed by atoms with E-state index in [1.165, 1.54) is 0 Å². The third-order valence-corrected chi connectivity index (χ3v) is 4.83. The Morgan fingerprint density at radius 2 is 1.79 bits per heavy atom. The monoisotopic (exact) mass is 392 g/mol. The number of pyridine rings is 1. The number of ether oxygens (including phenoxy) is 1. The van der Waals surface area contributed by atoms with Crippen LogP contribution in [0.1, 0.15) is 43.5 Å². The summed E-state index contributed by atoms with van der Waals surface area (Å²) in [6.07, 6.45) is 0. The van der Waals surface area contributed by atoms with Crippen LogP contribution < -0.4 is 15.6 Å². The molecule has 0 fully saturated rings. The lowest BCUT2D eigenvalue weighted by atomic mass is 10.0. The van der Waals surface area contributed by atoms with Crippen molar-refractivity contribution >= 4 is 16.8 Å². The summed E-state index contributed by atoms with van der Waals surface area (Å²) in [5, 5.41) is 3.99. The smallest absolute Gasteiger partial charge is 0.252 e. The summed E-state index contributed by atoms with van der Waals surface area (Å²) in [4.78, 5) is 26.5. The normalized spacial score (nSPS) is 12.6. The van der Waals surface area contributed by atoms with Gasteiger partial charge in [-0.05, 0) is 70.0 Å². The van der Waals surface area contributed by atoms with Gasteiger partial charge < -0.3 is 10.1 Å². The fourth-order valence-corrected chi connectivity index (χ4v) is 3.56. The Kier molecular flexibility index (Phi) is 5.51. The maximum atomic E-state index is 13.4. The number of aryl methyl sites for hydroxylation is 2. The molecule has 1 unspecified atom stereocenters. The zero-order chi connectivity index (χ0) is 21.3. The van der Waals surface area contributed by atoms with E-state index < -0.39 is 11.6 Å². The van der Waals surface area contributed by atoms with E-state index in [1.807, 2.05) is 71.0 Å². The van der Waals surface area contributed by atoms with Gasteiger partial charge in [0.25, 0.3) is 5.56 Å². The molecule has 1 atom stereocenters. The van der Waals surface area contributed by atoms with Gasteiger partial charge in [-0.3, -0.25) is 14.2 Å². The summed E-state index contributed by atoms with van der Waals surface area (Å²) < 4.78 is 6.94. The second-order valence-electron chi connectivity index (χ2n) is 8.47. The van der Waals surface area contributed by atoms with Crippen molar-refractivity contribution in [1.29, 1.82) is 0 Å². The fraction of sp³-hybridized carbons (Fsp3) is 0.333. The molecule has 5 nitrogen and oxygen atoms in total. The molecule has 152 valence electrons. The summed E-state index contributed by atoms with van der Waals surface area (Å²) in [5.74, 6) is 0.398. The Hall–Kier alpha value is -3.08. The molecule has 0 aliphatic heterocycles. The van der Waals surface area contributed by atoms with E-state index in [0.717, 1.165) is 22.0 Å². The van der Waals surface area contributed by atoms with Crippen molar-refractivity contribution < 1.29 is 9.53 Å². The van der Waals surface area contributed by atoms with Crippen LogP contribution in [0.3, 0.4) is 0 Å². The first-order chi connectivity index (χ1) is 13.6. The number of rotatable bonds is 4. The molecule has 0 bridgehead atoms. The topological polar surface area (TPSA) is 60.3 Å². The number of fused-ring (bicyclic) bond motifs is 1. The lowest BCUT2D eigenvalue weighted by molar-refractivity contribution is -0.124. The standard InChI is InChI=1S/C24H28N2O3/c1-15-10-11-20-19(12-15)16(2)13-21(27)26(20)22(23(28)25-24(3,4)5)17-8-7-9-18(14-17)29-6/h7-14,22H,1-6H3,(H,25,28). The minimum Gasteiger partial charge on any atom is -0.497 e. The van der Waals surface area contributed by atoms with E-state index in [4.69, 9.17) is 4.74 Å². The fourth-order valence-electron chi connectivity index (χ4n) is 3.56. The minimum atomic E-state index is -0.817. The Morgan fingerprint density at radius 1 is 1.07 bits per heavy atom. The molecule has 0 aliphatic rings. The molecule has 0 saturated carbocycles. The number of methoxy groups -OCH3 is 1. The second-order valence-corrected chi connectivity index (χ2v) is 8.47. The molecule has 0 saturated heterocycles. The molecule has 1 aromatic heterocycles. The highest BCUT2D eigenvalue weighted by Gasteiger charge is 2.28. The highest BCUT2D eigenvalue weighted by Crippen LogP contribution is 2.27. The van der Waals surface area contributed by atoms with E-state index in [2.05, 4.69) is 5.32 Å². The summed E-state index contributed by atoms with van der Waals surface area (Å²) in [7, 11) is 1.58. The summed E-state index contributed by atoms with van der Waals surface area (Å²) in [6, 6.07) is 14.0. The number of benzene rings is 2. The Bertz CT molecular complexity index is 1120. The van der Waals surface area contributed by atoms with Crippen molar-refractivity contribution in [1.82, 2.24) is 9.88 Å². The number of carbonyl (C=O) groups excluding carboxylic acids is 1. The van der Waals surface area contributed by atoms with Crippen molar-refractivity contribution in [3.05, 3.63) is 75.6 Å². The highest BCUT2D eigenvalue weighted by molar-refractivity contribution is 5.89. The van der Waals surface area contributed by atoms with Crippen LogP contribution in [0.4, 0.5) is 0 Å². The van der Waals surface area contributed by atoms with Gasteiger partial charge >= 0.3 is 0 Å². The van der Waals surface area contributed by atoms with Gasteiger partial charge in [0.05, 0.1) is 12.6 Å². The van der Waals surface area contributed by atoms with E-state index in [0.29, 0.717) is 11.3 Å². The predicted molar refractivity (Wildman–Crippen MR) is 117 cm³/mol. The van der Waals surface area contributed by atoms with Crippen molar-refractivity contribution in [2.45, 2.75) is 46.2 Å². The molecular weight excluding hydrogens is 364 g/mol. The third kappa shape index (κ3) is 4.34. The van der Waals surface area contributed by atoms with Crippen LogP contribution in [0.2, 0.25) is 0 Å². The minimum absolute atomic E-state index is 0.212. The molecule has 5 heteroatoms. The molecule has 1 amide bonds. The van der Waals surface area contributed by atoms with E-state index >= 15 is 0 Å². The van der Waals surface area contributed by atoms with Gasteiger partial charge in [0.2, 0.25) is 5.91 Å². The first-order valence-corrected chi connectivity index (χ1v) is 9.69. The predicted octanol–water partition coefficient (Wildman–Crippen LogP) is 4.13. The largest absolute Gasteiger partial charge is 0.497 e. The Balaban J connectivity index is 2.32. The van der Waals surface area contributed by atoms with Gasteiger partial charge in [-0.15, -0.1) is 0 Å². The van der Waals surface area contributed by atoms with Gasteiger partial charge in [-0.25, -0.2) is 0 Å². The average Bonchev–Trinajstić information content (AvgIpc) is 2.63. The zero-order valence-electron chi connectivity index (χ0n) is 17.9. The molecule has 0 aliphatic carbocycles. The summed E-state index contributed by atoms with van der Waals surface area (Å²) in [6.45, 7) is 9.70. The summed E-state index contributed by atoms with van der Waals surface area (Å²) in [5.41, 5.74) is 2.77. The van der Waals surface area contributed by atoms with E-state index in [-0.39, 0.29) is 11.5 Å². The highest BCUT2D eigenvalue weighted by atomic mass is 16.5. The first-order valence-electron chi connectivity index (χ1n) is 9.69. The van der Waals surface area contributed by atoms with Gasteiger partial charge in [0.1, 0.15) is 11.8 Å². The Labute approximate surface area is 171 Å². The van der Waals surface area contributed by atoms with Crippen LogP contribution in [0.15, 0.2) is 53.3 Å². The maximum Gasteiger partial charge on any atom is 0.252 e. The molecule has 0 radical (unpaired) electrons. The first kappa shape index (κ1) is 20.6. The van der Waals surface area contributed by atoms with Crippen LogP contribution in [0.5, 0.6) is 5.75 Å². The lowest BCUT2D eigenvalue weighted by Gasteiger charge is -2.27. The van der Waals surface area contributed by atoms with Crippen LogP contribution in [-0.4, -0.2) is 23.1 Å². The van der Waals surface area contributed by atoms with Crippen LogP contribution in [-0.2, 0) is 4.79 Å². The number of aromatic nitrogens is 1. The lowest BCUT2D eigenvalue weighted by Crippen LogP contribution is -2.46. The number of amides is 1. The van der Waals surface area contributed by atoms with Crippen molar-refractivity contribution in [3.8, 4) is 5.75 Å². The average molecular weight is 392 g/mol. The zero-order valence-corrected chi connectivity index (χ0v) is 17.9. The number of carbonyl (C=O) groups is 1. The van der Waals surface area contributed by atoms with Crippen molar-refractivity contribution in [3.63, 3.8) is 0 Å². The quantitative estimate of drug-likeness (QED) is 0.726. The third-order valence-electron chi connectivity index (χ3n) is 4.83. The molecular formula is C24H28N2O3. The van der Waals surface area contributed by atoms with E-state index in [1.54, 1.807) is 23.8 Å².